The highest BCUT2D eigenvalue weighted by Gasteiger charge is 2.36. The fourth-order valence-electron chi connectivity index (χ4n) is 2.54. The number of hydrogen-bond donors (Lipinski definition) is 1. The molecule has 1 saturated heterocycles. The lowest BCUT2D eigenvalue weighted by atomic mass is 10.2. The minimum absolute atomic E-state index is 0.464. The fraction of sp³-hybridized carbons (Fsp3) is 0.706. The van der Waals surface area contributed by atoms with Crippen LogP contribution in [0.3, 0.4) is 0 Å². The molecule has 7 heteroatoms. The van der Waals surface area contributed by atoms with Crippen molar-refractivity contribution in [1.29, 1.82) is 0 Å². The Bertz CT molecular complexity index is 587. The minimum atomic E-state index is -0.960. The van der Waals surface area contributed by atoms with Gasteiger partial charge in [-0.15, -0.1) is 0 Å². The zero-order valence-corrected chi connectivity index (χ0v) is 14.9. The molecule has 134 valence electrons. The van der Waals surface area contributed by atoms with E-state index in [0.29, 0.717) is 13.0 Å². The van der Waals surface area contributed by atoms with Gasteiger partial charge in [-0.05, 0) is 59.4 Å². The Morgan fingerprint density at radius 2 is 1.96 bits per heavy atom. The van der Waals surface area contributed by atoms with Crippen LogP contribution >= 0.6 is 0 Å². The molecule has 1 atom stereocenters. The minimum Gasteiger partial charge on any atom is -0.480 e. The highest BCUT2D eigenvalue weighted by atomic mass is 16.6. The standard InChI is InChI=1S/C10H17NO4.C7H10N2/c1-10(2,3)15-9(14)11-6-4-5-7(11)8(12)13;1-6-4-5-9(8-6)7-2-3-7/h7H,4-6H2,1-3H3,(H,12,13);4-5,7H,2-3H2,1H3. The van der Waals surface area contributed by atoms with E-state index in [0.717, 1.165) is 18.2 Å². The van der Waals surface area contributed by atoms with Crippen LogP contribution in [0.2, 0.25) is 0 Å². The summed E-state index contributed by atoms with van der Waals surface area (Å²) < 4.78 is 7.19. The first-order valence-corrected chi connectivity index (χ1v) is 8.41. The topological polar surface area (TPSA) is 84.7 Å². The molecule has 2 fully saturated rings. The molecule has 2 heterocycles. The molecule has 1 unspecified atom stereocenters. The Balaban J connectivity index is 0.000000194. The maximum atomic E-state index is 11.6. The van der Waals surface area contributed by atoms with E-state index < -0.39 is 23.7 Å². The number of carbonyl (C=O) groups is 2. The van der Waals surface area contributed by atoms with E-state index >= 15 is 0 Å². The van der Waals surface area contributed by atoms with Crippen molar-refractivity contribution in [2.24, 2.45) is 0 Å². The number of amides is 1. The molecule has 1 N–H and O–H groups in total. The molecule has 1 amide bonds. The smallest absolute Gasteiger partial charge is 0.411 e. The summed E-state index contributed by atoms with van der Waals surface area (Å²) in [6.45, 7) is 7.77. The van der Waals surface area contributed by atoms with E-state index in [1.165, 1.54) is 17.7 Å². The molecule has 0 bridgehead atoms. The number of ether oxygens (including phenoxy) is 1. The molecule has 0 aromatic carbocycles. The van der Waals surface area contributed by atoms with Crippen LogP contribution in [0.25, 0.3) is 0 Å². The third-order valence-corrected chi connectivity index (χ3v) is 3.83. The average molecular weight is 337 g/mol. The maximum Gasteiger partial charge on any atom is 0.411 e. The van der Waals surface area contributed by atoms with Crippen molar-refractivity contribution in [2.45, 2.75) is 71.1 Å². The van der Waals surface area contributed by atoms with Crippen molar-refractivity contribution >= 4 is 12.1 Å². The highest BCUT2D eigenvalue weighted by molar-refractivity contribution is 5.80. The number of carbonyl (C=O) groups excluding carboxylic acids is 1. The van der Waals surface area contributed by atoms with Crippen molar-refractivity contribution in [3.05, 3.63) is 18.0 Å². The van der Waals surface area contributed by atoms with Gasteiger partial charge in [-0.3, -0.25) is 9.58 Å². The predicted molar refractivity (Wildman–Crippen MR) is 88.8 cm³/mol. The molecular formula is C17H27N3O4. The largest absolute Gasteiger partial charge is 0.480 e. The maximum absolute atomic E-state index is 11.6. The second kappa shape index (κ2) is 7.23. The zero-order valence-electron chi connectivity index (χ0n) is 14.9. The van der Waals surface area contributed by atoms with Crippen LogP contribution in [0.5, 0.6) is 0 Å². The van der Waals surface area contributed by atoms with Crippen LogP contribution in [0.4, 0.5) is 4.79 Å². The number of hydrogen-bond acceptors (Lipinski definition) is 4. The van der Waals surface area contributed by atoms with Gasteiger partial charge >= 0.3 is 12.1 Å². The molecule has 1 aliphatic carbocycles. The normalized spacial score (nSPS) is 20.3. The van der Waals surface area contributed by atoms with Crippen LogP contribution in [0.15, 0.2) is 12.3 Å². The number of rotatable bonds is 2. The number of nitrogens with zero attached hydrogens (tertiary/aromatic N) is 3. The summed E-state index contributed by atoms with van der Waals surface area (Å²) in [7, 11) is 0. The number of aliphatic carboxylic acids is 1. The monoisotopic (exact) mass is 337 g/mol. The summed E-state index contributed by atoms with van der Waals surface area (Å²) in [6, 6.07) is 2.07. The first-order chi connectivity index (χ1) is 11.2. The first-order valence-electron chi connectivity index (χ1n) is 8.41. The van der Waals surface area contributed by atoms with Crippen molar-refractivity contribution in [1.82, 2.24) is 14.7 Å². The summed E-state index contributed by atoms with van der Waals surface area (Å²) >= 11 is 0. The Morgan fingerprint density at radius 1 is 1.29 bits per heavy atom. The average Bonchev–Trinajstić information content (AvgIpc) is 3.01. The van der Waals surface area contributed by atoms with Gasteiger partial charge in [-0.25, -0.2) is 9.59 Å². The Hall–Kier alpha value is -2.05. The van der Waals surface area contributed by atoms with Crippen molar-refractivity contribution in [2.75, 3.05) is 6.54 Å². The SMILES string of the molecule is CC(C)(C)OC(=O)N1CCCC1C(=O)O.Cc1ccn(C2CC2)n1. The predicted octanol–water partition coefficient (Wildman–Crippen LogP) is 3.00. The van der Waals surface area contributed by atoms with E-state index in [9.17, 15) is 9.59 Å². The van der Waals surface area contributed by atoms with Gasteiger partial charge < -0.3 is 9.84 Å². The highest BCUT2D eigenvalue weighted by Crippen LogP contribution is 2.33. The van der Waals surface area contributed by atoms with E-state index in [4.69, 9.17) is 9.84 Å². The van der Waals surface area contributed by atoms with Crippen molar-refractivity contribution < 1.29 is 19.4 Å². The van der Waals surface area contributed by atoms with Crippen LogP contribution in [0, 0.1) is 6.92 Å². The van der Waals surface area contributed by atoms with Crippen LogP contribution in [-0.2, 0) is 9.53 Å². The van der Waals surface area contributed by atoms with Crippen LogP contribution in [-0.4, -0.2) is 50.0 Å². The molecular weight excluding hydrogens is 310 g/mol. The second-order valence-electron chi connectivity index (χ2n) is 7.34. The van der Waals surface area contributed by atoms with Crippen molar-refractivity contribution in [3.8, 4) is 0 Å². The fourth-order valence-corrected chi connectivity index (χ4v) is 2.54. The van der Waals surface area contributed by atoms with Crippen LogP contribution < -0.4 is 0 Å². The van der Waals surface area contributed by atoms with Gasteiger partial charge in [0, 0.05) is 12.7 Å². The number of aryl methyl sites for hydroxylation is 1. The Labute approximate surface area is 142 Å². The molecule has 1 saturated carbocycles. The number of carboxylic acid groups (broad SMARTS) is 1. The lowest BCUT2D eigenvalue weighted by Crippen LogP contribution is -2.43. The quantitative estimate of drug-likeness (QED) is 0.897. The zero-order chi connectivity index (χ0) is 17.9. The summed E-state index contributed by atoms with van der Waals surface area (Å²) in [4.78, 5) is 23.7. The summed E-state index contributed by atoms with van der Waals surface area (Å²) in [5.41, 5.74) is 0.546. The number of likely N-dealkylation sites (tertiary alicyclic amines) is 1. The van der Waals surface area contributed by atoms with E-state index in [2.05, 4.69) is 22.0 Å². The summed E-state index contributed by atoms with van der Waals surface area (Å²) in [5, 5.41) is 13.2. The summed E-state index contributed by atoms with van der Waals surface area (Å²) in [5.74, 6) is -0.960. The molecule has 7 nitrogen and oxygen atoms in total. The molecule has 0 spiro atoms. The molecule has 1 aromatic rings. The molecule has 1 aliphatic heterocycles. The van der Waals surface area contributed by atoms with E-state index in [-0.39, 0.29) is 0 Å². The van der Waals surface area contributed by atoms with Gasteiger partial charge in [0.25, 0.3) is 0 Å². The molecule has 1 aromatic heterocycles. The van der Waals surface area contributed by atoms with Gasteiger partial charge in [-0.2, -0.15) is 5.10 Å². The van der Waals surface area contributed by atoms with Gasteiger partial charge in [0.15, 0.2) is 0 Å². The lowest BCUT2D eigenvalue weighted by molar-refractivity contribution is -0.142. The third-order valence-electron chi connectivity index (χ3n) is 3.83. The Morgan fingerprint density at radius 3 is 2.42 bits per heavy atom. The molecule has 0 radical (unpaired) electrons. The van der Waals surface area contributed by atoms with Crippen LogP contribution in [0.1, 0.15) is 58.2 Å². The van der Waals surface area contributed by atoms with Gasteiger partial charge in [0.05, 0.1) is 11.7 Å². The first kappa shape index (κ1) is 18.3. The third kappa shape index (κ3) is 5.25. The molecule has 2 aliphatic rings. The van der Waals surface area contributed by atoms with Gasteiger partial charge in [0.2, 0.25) is 0 Å². The molecule has 24 heavy (non-hydrogen) atoms. The van der Waals surface area contributed by atoms with E-state index in [1.807, 2.05) is 6.92 Å². The Kier molecular flexibility index (Phi) is 5.51. The van der Waals surface area contributed by atoms with Gasteiger partial charge in [-0.1, -0.05) is 0 Å². The van der Waals surface area contributed by atoms with Gasteiger partial charge in [0.1, 0.15) is 11.6 Å². The van der Waals surface area contributed by atoms with Crippen molar-refractivity contribution in [3.63, 3.8) is 0 Å². The number of aromatic nitrogens is 2. The van der Waals surface area contributed by atoms with E-state index in [1.54, 1.807) is 20.8 Å². The lowest BCUT2D eigenvalue weighted by Gasteiger charge is -2.26. The number of carboxylic acids is 1. The summed E-state index contributed by atoms with van der Waals surface area (Å²) in [6.07, 6.45) is 5.40. The molecule has 3 rings (SSSR count). The second-order valence-corrected chi connectivity index (χ2v) is 7.34.